The Morgan fingerprint density at radius 3 is 2.34 bits per heavy atom. The number of pyridine rings is 1. The molecule has 178 valence electrons. The van der Waals surface area contributed by atoms with Gasteiger partial charge in [0.1, 0.15) is 12.4 Å². The highest BCUT2D eigenvalue weighted by Gasteiger charge is 2.31. The van der Waals surface area contributed by atoms with Crippen molar-refractivity contribution in [2.24, 2.45) is 0 Å². The van der Waals surface area contributed by atoms with Crippen LogP contribution in [0, 0.1) is 0 Å². The Hall–Kier alpha value is -4.33. The van der Waals surface area contributed by atoms with Gasteiger partial charge >= 0.3 is 12.2 Å². The lowest BCUT2D eigenvalue weighted by Gasteiger charge is -2.15. The maximum absolute atomic E-state index is 13.3. The third-order valence-electron chi connectivity index (χ3n) is 5.17. The lowest BCUT2D eigenvalue weighted by molar-refractivity contribution is -0.137. The Morgan fingerprint density at radius 1 is 0.886 bits per heavy atom. The number of amides is 2. The molecule has 0 spiro atoms. The van der Waals surface area contributed by atoms with Crippen molar-refractivity contribution >= 4 is 11.7 Å². The minimum absolute atomic E-state index is 0.151. The van der Waals surface area contributed by atoms with E-state index in [2.05, 4.69) is 15.6 Å². The molecule has 35 heavy (non-hydrogen) atoms. The number of urea groups is 1. The van der Waals surface area contributed by atoms with E-state index in [0.717, 1.165) is 23.3 Å². The number of carbonyl (C=O) groups excluding carboxylic acids is 1. The van der Waals surface area contributed by atoms with Crippen molar-refractivity contribution in [2.45, 2.75) is 19.3 Å². The first kappa shape index (κ1) is 23.8. The van der Waals surface area contributed by atoms with Gasteiger partial charge in [0.25, 0.3) is 0 Å². The zero-order valence-electron chi connectivity index (χ0n) is 18.5. The predicted octanol–water partition coefficient (Wildman–Crippen LogP) is 6.67. The van der Waals surface area contributed by atoms with Gasteiger partial charge in [-0.1, -0.05) is 48.5 Å². The molecule has 8 heteroatoms. The maximum Gasteiger partial charge on any atom is 0.416 e. The average molecular weight is 477 g/mol. The van der Waals surface area contributed by atoms with Crippen LogP contribution in [0.5, 0.6) is 5.75 Å². The summed E-state index contributed by atoms with van der Waals surface area (Å²) in [7, 11) is 0. The van der Waals surface area contributed by atoms with E-state index in [-0.39, 0.29) is 12.6 Å². The molecular weight excluding hydrogens is 455 g/mol. The fourth-order valence-corrected chi connectivity index (χ4v) is 3.38. The maximum atomic E-state index is 13.3. The van der Waals surface area contributed by atoms with Crippen molar-refractivity contribution in [1.82, 2.24) is 10.3 Å². The van der Waals surface area contributed by atoms with Crippen molar-refractivity contribution in [3.8, 4) is 16.9 Å². The Bertz CT molecular complexity index is 1260. The summed E-state index contributed by atoms with van der Waals surface area (Å²) in [6, 6.07) is 22.6. The van der Waals surface area contributed by atoms with Gasteiger partial charge in [0.15, 0.2) is 0 Å². The molecule has 3 aromatic carbocycles. The number of anilines is 1. The summed E-state index contributed by atoms with van der Waals surface area (Å²) in [5, 5.41) is 5.50. The van der Waals surface area contributed by atoms with Gasteiger partial charge < -0.3 is 15.4 Å². The largest absolute Gasteiger partial charge is 0.488 e. The fourth-order valence-electron chi connectivity index (χ4n) is 3.38. The van der Waals surface area contributed by atoms with Crippen LogP contribution in [0.2, 0.25) is 0 Å². The molecule has 0 atom stereocenters. The number of nitrogens with zero attached hydrogens (tertiary/aromatic N) is 1. The number of aromatic nitrogens is 1. The van der Waals surface area contributed by atoms with Crippen molar-refractivity contribution in [1.29, 1.82) is 0 Å². The van der Waals surface area contributed by atoms with Crippen molar-refractivity contribution in [3.63, 3.8) is 0 Å². The van der Waals surface area contributed by atoms with Crippen LogP contribution in [-0.2, 0) is 19.3 Å². The third-order valence-corrected chi connectivity index (χ3v) is 5.17. The van der Waals surface area contributed by atoms with E-state index in [4.69, 9.17) is 4.74 Å². The summed E-state index contributed by atoms with van der Waals surface area (Å²) in [5.41, 5.74) is 2.53. The highest BCUT2D eigenvalue weighted by atomic mass is 19.4. The minimum atomic E-state index is -4.45. The normalized spacial score (nSPS) is 11.1. The molecule has 0 saturated heterocycles. The Kier molecular flexibility index (Phi) is 7.30. The zero-order chi connectivity index (χ0) is 24.7. The first-order valence-corrected chi connectivity index (χ1v) is 10.8. The monoisotopic (exact) mass is 477 g/mol. The Labute approximate surface area is 200 Å². The smallest absolute Gasteiger partial charge is 0.416 e. The number of hydrogen-bond acceptors (Lipinski definition) is 3. The van der Waals surface area contributed by atoms with Gasteiger partial charge in [-0.3, -0.25) is 4.98 Å². The first-order chi connectivity index (χ1) is 16.9. The molecule has 0 radical (unpaired) electrons. The number of alkyl halides is 3. The van der Waals surface area contributed by atoms with E-state index in [1.165, 1.54) is 6.07 Å². The van der Waals surface area contributed by atoms with E-state index >= 15 is 0 Å². The van der Waals surface area contributed by atoms with E-state index in [1.807, 2.05) is 6.07 Å². The standard InChI is InChI=1S/C27H22F3N3O2/c28-27(29,30)22-10-13-25(24(15-22)21-6-2-1-3-7-21)35-18-19-8-11-23(12-9-19)33-26(34)32-17-20-5-4-14-31-16-20/h1-16H,17-18H2,(H2,32,33,34). The van der Waals surface area contributed by atoms with Gasteiger partial charge in [-0.15, -0.1) is 0 Å². The van der Waals surface area contributed by atoms with Crippen LogP contribution in [0.4, 0.5) is 23.7 Å². The highest BCUT2D eigenvalue weighted by molar-refractivity contribution is 5.89. The molecule has 0 fully saturated rings. The summed E-state index contributed by atoms with van der Waals surface area (Å²) >= 11 is 0. The van der Waals surface area contributed by atoms with Crippen LogP contribution < -0.4 is 15.4 Å². The molecule has 0 unspecified atom stereocenters. The van der Waals surface area contributed by atoms with Crippen LogP contribution in [0.3, 0.4) is 0 Å². The van der Waals surface area contributed by atoms with Gasteiger partial charge in [-0.2, -0.15) is 13.2 Å². The number of ether oxygens (including phenoxy) is 1. The number of halogens is 3. The van der Waals surface area contributed by atoms with Gasteiger partial charge in [0.2, 0.25) is 0 Å². The number of hydrogen-bond donors (Lipinski definition) is 2. The summed E-state index contributed by atoms with van der Waals surface area (Å²) in [5.74, 6) is 0.348. The Balaban J connectivity index is 1.39. The SMILES string of the molecule is O=C(NCc1cccnc1)Nc1ccc(COc2ccc(C(F)(F)F)cc2-c2ccccc2)cc1. The molecule has 2 N–H and O–H groups in total. The molecule has 0 saturated carbocycles. The summed E-state index contributed by atoms with van der Waals surface area (Å²) in [6.45, 7) is 0.501. The average Bonchev–Trinajstić information content (AvgIpc) is 2.87. The van der Waals surface area contributed by atoms with Gasteiger partial charge in [0.05, 0.1) is 5.56 Å². The lowest BCUT2D eigenvalue weighted by Crippen LogP contribution is -2.28. The molecule has 4 aromatic rings. The lowest BCUT2D eigenvalue weighted by atomic mass is 10.0. The second-order valence-corrected chi connectivity index (χ2v) is 7.73. The molecule has 0 bridgehead atoms. The molecule has 2 amide bonds. The predicted molar refractivity (Wildman–Crippen MR) is 128 cm³/mol. The molecule has 0 aliphatic heterocycles. The molecule has 1 aromatic heterocycles. The molecule has 1 heterocycles. The van der Waals surface area contributed by atoms with Gasteiger partial charge in [0, 0.05) is 30.2 Å². The molecule has 5 nitrogen and oxygen atoms in total. The van der Waals surface area contributed by atoms with Crippen LogP contribution in [0.25, 0.3) is 11.1 Å². The molecule has 0 aliphatic rings. The second-order valence-electron chi connectivity index (χ2n) is 7.73. The molecular formula is C27H22F3N3O2. The molecule has 4 rings (SSSR count). The van der Waals surface area contributed by atoms with E-state index in [9.17, 15) is 18.0 Å². The second kappa shape index (κ2) is 10.7. The van der Waals surface area contributed by atoms with Crippen molar-refractivity contribution in [2.75, 3.05) is 5.32 Å². The summed E-state index contributed by atoms with van der Waals surface area (Å²) in [6.07, 6.45) is -1.11. The zero-order valence-corrected chi connectivity index (χ0v) is 18.5. The van der Waals surface area contributed by atoms with Crippen LogP contribution in [0.1, 0.15) is 16.7 Å². The Morgan fingerprint density at radius 2 is 1.66 bits per heavy atom. The van der Waals surface area contributed by atoms with Crippen LogP contribution >= 0.6 is 0 Å². The summed E-state index contributed by atoms with van der Waals surface area (Å²) in [4.78, 5) is 16.1. The van der Waals surface area contributed by atoms with Crippen molar-refractivity contribution in [3.05, 3.63) is 114 Å². The minimum Gasteiger partial charge on any atom is -0.488 e. The number of nitrogens with one attached hydrogen (secondary N) is 2. The number of rotatable bonds is 7. The van der Waals surface area contributed by atoms with E-state index < -0.39 is 11.7 Å². The fraction of sp³-hybridized carbons (Fsp3) is 0.111. The number of benzene rings is 3. The molecule has 0 aliphatic carbocycles. The van der Waals surface area contributed by atoms with Crippen LogP contribution in [-0.4, -0.2) is 11.0 Å². The van der Waals surface area contributed by atoms with E-state index in [0.29, 0.717) is 29.1 Å². The number of carbonyl (C=O) groups is 1. The van der Waals surface area contributed by atoms with Gasteiger partial charge in [-0.05, 0) is 53.1 Å². The van der Waals surface area contributed by atoms with Crippen LogP contribution in [0.15, 0.2) is 97.3 Å². The van der Waals surface area contributed by atoms with Crippen molar-refractivity contribution < 1.29 is 22.7 Å². The third kappa shape index (κ3) is 6.60. The summed E-state index contributed by atoms with van der Waals surface area (Å²) < 4.78 is 45.6. The topological polar surface area (TPSA) is 63.2 Å². The highest BCUT2D eigenvalue weighted by Crippen LogP contribution is 2.37. The van der Waals surface area contributed by atoms with Gasteiger partial charge in [-0.25, -0.2) is 4.79 Å². The first-order valence-electron chi connectivity index (χ1n) is 10.8. The van der Waals surface area contributed by atoms with E-state index in [1.54, 1.807) is 73.1 Å². The quantitative estimate of drug-likeness (QED) is 0.313.